The minimum Gasteiger partial charge on any atom is -0.444 e. The molecule has 3 aromatic rings. The molecule has 11 heteroatoms. The molecule has 1 saturated heterocycles. The van der Waals surface area contributed by atoms with E-state index in [0.717, 1.165) is 28.6 Å². The summed E-state index contributed by atoms with van der Waals surface area (Å²) in [5, 5.41) is 22.8. The maximum Gasteiger partial charge on any atom is 0.413 e. The quantitative estimate of drug-likeness (QED) is 0.547. The largest absolute Gasteiger partial charge is 0.444 e. The van der Waals surface area contributed by atoms with Crippen LogP contribution in [0.4, 0.5) is 19.4 Å². The van der Waals surface area contributed by atoms with Crippen molar-refractivity contribution in [3.05, 3.63) is 70.8 Å². The molecule has 0 saturated carbocycles. The van der Waals surface area contributed by atoms with Gasteiger partial charge in [0.05, 0.1) is 6.61 Å². The molecule has 9 nitrogen and oxygen atoms in total. The van der Waals surface area contributed by atoms with Crippen molar-refractivity contribution in [1.82, 2.24) is 9.55 Å². The fourth-order valence-electron chi connectivity index (χ4n) is 3.48. The standard InChI is InChI=1S/C21H19F2N3O6/c22-21(23)17(28)15(10-27)32-18(21)26-9-8-16(24-19(26)29)25-20(30)31-11-13-6-3-5-12-4-1-2-7-14(12)13/h1-9,15,17-18,27-28H,10-11H2,(H,24,25,29,30). The van der Waals surface area contributed by atoms with E-state index in [0.29, 0.717) is 4.57 Å². The first-order chi connectivity index (χ1) is 15.3. The zero-order valence-electron chi connectivity index (χ0n) is 16.5. The van der Waals surface area contributed by atoms with Gasteiger partial charge in [-0.25, -0.2) is 9.59 Å². The molecule has 0 spiro atoms. The summed E-state index contributed by atoms with van der Waals surface area (Å²) < 4.78 is 39.0. The fraction of sp³-hybridized carbons (Fsp3) is 0.286. The molecule has 1 fully saturated rings. The van der Waals surface area contributed by atoms with Gasteiger partial charge in [0.1, 0.15) is 18.5 Å². The van der Waals surface area contributed by atoms with Crippen LogP contribution in [0.3, 0.4) is 0 Å². The topological polar surface area (TPSA) is 123 Å². The zero-order chi connectivity index (χ0) is 22.9. The number of amides is 1. The Balaban J connectivity index is 1.44. The number of carbonyl (C=O) groups is 1. The number of anilines is 1. The number of nitrogens with zero attached hydrogens (tertiary/aromatic N) is 2. The third kappa shape index (κ3) is 4.05. The van der Waals surface area contributed by atoms with E-state index in [1.807, 2.05) is 42.5 Å². The third-order valence-electron chi connectivity index (χ3n) is 5.11. The van der Waals surface area contributed by atoms with E-state index in [1.165, 1.54) is 0 Å². The summed E-state index contributed by atoms with van der Waals surface area (Å²) in [6, 6.07) is 14.3. The molecule has 4 rings (SSSR count). The highest BCUT2D eigenvalue weighted by molar-refractivity contribution is 5.86. The van der Waals surface area contributed by atoms with E-state index in [4.69, 9.17) is 14.6 Å². The van der Waals surface area contributed by atoms with Gasteiger partial charge >= 0.3 is 17.7 Å². The SMILES string of the molecule is O=C(Nc1ccn(C2OC(CO)C(O)C2(F)F)c(=O)n1)OCc1cccc2ccccc12. The molecule has 1 aliphatic rings. The van der Waals surface area contributed by atoms with Crippen LogP contribution in [0, 0.1) is 0 Å². The molecular formula is C21H19F2N3O6. The monoisotopic (exact) mass is 447 g/mol. The predicted molar refractivity (Wildman–Crippen MR) is 108 cm³/mol. The summed E-state index contributed by atoms with van der Waals surface area (Å²) in [4.78, 5) is 27.9. The molecule has 2 heterocycles. The number of rotatable bonds is 5. The second kappa shape index (κ2) is 8.61. The van der Waals surface area contributed by atoms with Crippen molar-refractivity contribution in [2.45, 2.75) is 31.0 Å². The Morgan fingerprint density at radius 1 is 1.22 bits per heavy atom. The number of fused-ring (bicyclic) bond motifs is 1. The van der Waals surface area contributed by atoms with Crippen LogP contribution in [0.25, 0.3) is 10.8 Å². The minimum atomic E-state index is -3.83. The van der Waals surface area contributed by atoms with Crippen molar-refractivity contribution in [3.8, 4) is 0 Å². The number of aliphatic hydroxyl groups excluding tert-OH is 2. The van der Waals surface area contributed by atoms with Gasteiger partial charge in [-0.05, 0) is 22.4 Å². The van der Waals surface area contributed by atoms with Gasteiger partial charge in [-0.3, -0.25) is 9.88 Å². The molecule has 0 radical (unpaired) electrons. The van der Waals surface area contributed by atoms with Crippen molar-refractivity contribution in [1.29, 1.82) is 0 Å². The van der Waals surface area contributed by atoms with Gasteiger partial charge in [0, 0.05) is 6.20 Å². The summed E-state index contributed by atoms with van der Waals surface area (Å²) in [5.74, 6) is -4.04. The second-order valence-corrected chi connectivity index (χ2v) is 7.17. The number of aromatic nitrogens is 2. The van der Waals surface area contributed by atoms with Crippen molar-refractivity contribution >= 4 is 22.7 Å². The first-order valence-electron chi connectivity index (χ1n) is 9.63. The number of nitrogens with one attached hydrogen (secondary N) is 1. The van der Waals surface area contributed by atoms with Crippen LogP contribution in [0.15, 0.2) is 59.5 Å². The highest BCUT2D eigenvalue weighted by atomic mass is 19.3. The number of ether oxygens (including phenoxy) is 2. The molecular weight excluding hydrogens is 428 g/mol. The minimum absolute atomic E-state index is 0.0349. The van der Waals surface area contributed by atoms with E-state index in [1.54, 1.807) is 0 Å². The first kappa shape index (κ1) is 21.8. The fourth-order valence-corrected chi connectivity index (χ4v) is 3.48. The Morgan fingerprint density at radius 2 is 1.97 bits per heavy atom. The Labute approximate surface area is 179 Å². The molecule has 2 aromatic carbocycles. The van der Waals surface area contributed by atoms with Crippen LogP contribution < -0.4 is 11.0 Å². The number of halogens is 2. The Morgan fingerprint density at radius 3 is 2.69 bits per heavy atom. The predicted octanol–water partition coefficient (Wildman–Crippen LogP) is 2.03. The average molecular weight is 447 g/mol. The summed E-state index contributed by atoms with van der Waals surface area (Å²) in [6.07, 6.45) is -5.93. The van der Waals surface area contributed by atoms with Gasteiger partial charge in [0.15, 0.2) is 6.10 Å². The Bertz CT molecular complexity index is 1200. The van der Waals surface area contributed by atoms with E-state index < -0.39 is 42.7 Å². The van der Waals surface area contributed by atoms with Gasteiger partial charge in [0.2, 0.25) is 6.23 Å². The smallest absolute Gasteiger partial charge is 0.413 e. The lowest BCUT2D eigenvalue weighted by atomic mass is 10.1. The van der Waals surface area contributed by atoms with Crippen LogP contribution in [-0.4, -0.2) is 50.6 Å². The summed E-state index contributed by atoms with van der Waals surface area (Å²) in [5.41, 5.74) is -0.369. The highest BCUT2D eigenvalue weighted by Crippen LogP contribution is 2.41. The molecule has 3 N–H and O–H groups in total. The second-order valence-electron chi connectivity index (χ2n) is 7.17. The number of hydrogen-bond donors (Lipinski definition) is 3. The maximum atomic E-state index is 14.2. The van der Waals surface area contributed by atoms with Crippen LogP contribution >= 0.6 is 0 Å². The maximum absolute atomic E-state index is 14.2. The normalized spacial score (nSPS) is 22.1. The molecule has 0 aliphatic carbocycles. The lowest BCUT2D eigenvalue weighted by molar-refractivity contribution is -0.140. The first-order valence-corrected chi connectivity index (χ1v) is 9.63. The summed E-state index contributed by atoms with van der Waals surface area (Å²) in [6.45, 7) is -0.884. The Kier molecular flexibility index (Phi) is 5.87. The molecule has 32 heavy (non-hydrogen) atoms. The summed E-state index contributed by atoms with van der Waals surface area (Å²) >= 11 is 0. The van der Waals surface area contributed by atoms with E-state index in [2.05, 4.69) is 10.3 Å². The number of alkyl halides is 2. The molecule has 168 valence electrons. The number of aliphatic hydroxyl groups is 2. The molecule has 1 aromatic heterocycles. The van der Waals surface area contributed by atoms with Crippen molar-refractivity contribution in [2.24, 2.45) is 0 Å². The molecule has 1 aliphatic heterocycles. The molecule has 3 unspecified atom stereocenters. The third-order valence-corrected chi connectivity index (χ3v) is 5.11. The van der Waals surface area contributed by atoms with Crippen LogP contribution in [0.5, 0.6) is 0 Å². The van der Waals surface area contributed by atoms with Crippen LogP contribution in [0.2, 0.25) is 0 Å². The Hall–Kier alpha value is -3.41. The van der Waals surface area contributed by atoms with Crippen LogP contribution in [-0.2, 0) is 16.1 Å². The average Bonchev–Trinajstić information content (AvgIpc) is 3.01. The van der Waals surface area contributed by atoms with Crippen molar-refractivity contribution in [2.75, 3.05) is 11.9 Å². The number of carbonyl (C=O) groups excluding carboxylic acids is 1. The zero-order valence-corrected chi connectivity index (χ0v) is 16.5. The molecule has 3 atom stereocenters. The van der Waals surface area contributed by atoms with Gasteiger partial charge in [0.25, 0.3) is 0 Å². The number of hydrogen-bond acceptors (Lipinski definition) is 7. The van der Waals surface area contributed by atoms with E-state index in [9.17, 15) is 23.5 Å². The number of benzene rings is 2. The van der Waals surface area contributed by atoms with Gasteiger partial charge < -0.3 is 19.7 Å². The van der Waals surface area contributed by atoms with E-state index >= 15 is 0 Å². The van der Waals surface area contributed by atoms with Crippen molar-refractivity contribution < 1.29 is 33.3 Å². The van der Waals surface area contributed by atoms with E-state index in [-0.39, 0.29) is 12.4 Å². The van der Waals surface area contributed by atoms with Gasteiger partial charge in [-0.1, -0.05) is 42.5 Å². The summed E-state index contributed by atoms with van der Waals surface area (Å²) in [7, 11) is 0. The van der Waals surface area contributed by atoms with Crippen molar-refractivity contribution in [3.63, 3.8) is 0 Å². The highest BCUT2D eigenvalue weighted by Gasteiger charge is 2.59. The lowest BCUT2D eigenvalue weighted by Crippen LogP contribution is -2.41. The van der Waals surface area contributed by atoms with Crippen LogP contribution in [0.1, 0.15) is 11.8 Å². The van der Waals surface area contributed by atoms with Gasteiger partial charge in [-0.2, -0.15) is 13.8 Å². The molecule has 0 bridgehead atoms. The van der Waals surface area contributed by atoms with Gasteiger partial charge in [-0.15, -0.1) is 0 Å². The molecule has 1 amide bonds. The lowest BCUT2D eigenvalue weighted by Gasteiger charge is -2.21.